The van der Waals surface area contributed by atoms with Crippen molar-refractivity contribution < 1.29 is 13.9 Å². The van der Waals surface area contributed by atoms with E-state index in [4.69, 9.17) is 4.74 Å². The quantitative estimate of drug-likeness (QED) is 0.567. The molecule has 0 radical (unpaired) electrons. The average Bonchev–Trinajstić information content (AvgIpc) is 3.30. The number of amides is 1. The first-order chi connectivity index (χ1) is 15.3. The number of rotatable bonds is 6. The van der Waals surface area contributed by atoms with E-state index in [1.807, 2.05) is 20.9 Å². The highest BCUT2D eigenvalue weighted by Gasteiger charge is 2.26. The van der Waals surface area contributed by atoms with Crippen molar-refractivity contribution in [2.24, 2.45) is 7.05 Å². The molecule has 0 aliphatic carbocycles. The summed E-state index contributed by atoms with van der Waals surface area (Å²) in [6.07, 6.45) is 0. The fourth-order valence-electron chi connectivity index (χ4n) is 3.54. The summed E-state index contributed by atoms with van der Waals surface area (Å²) >= 11 is 1.27. The summed E-state index contributed by atoms with van der Waals surface area (Å²) in [5, 5.41) is 16.1. The Balaban J connectivity index is 1.61. The van der Waals surface area contributed by atoms with E-state index in [1.165, 1.54) is 23.9 Å². The van der Waals surface area contributed by atoms with Gasteiger partial charge >= 0.3 is 0 Å². The van der Waals surface area contributed by atoms with Crippen LogP contribution in [-0.4, -0.2) is 62.0 Å². The van der Waals surface area contributed by atoms with E-state index in [0.29, 0.717) is 48.8 Å². The lowest BCUT2D eigenvalue weighted by Gasteiger charge is -2.28. The Hall–Kier alpha value is -2.92. The van der Waals surface area contributed by atoms with Gasteiger partial charge in [0.2, 0.25) is 11.9 Å². The first kappa shape index (κ1) is 22.3. The zero-order valence-electron chi connectivity index (χ0n) is 18.5. The summed E-state index contributed by atoms with van der Waals surface area (Å²) in [6.45, 7) is 8.06. The minimum absolute atomic E-state index is 0.170. The van der Waals surface area contributed by atoms with Crippen LogP contribution in [0, 0.1) is 19.7 Å². The van der Waals surface area contributed by atoms with Crippen molar-refractivity contribution in [3.8, 4) is 5.69 Å². The van der Waals surface area contributed by atoms with E-state index in [0.717, 1.165) is 11.4 Å². The van der Waals surface area contributed by atoms with Crippen LogP contribution < -0.4 is 10.2 Å². The summed E-state index contributed by atoms with van der Waals surface area (Å²) in [7, 11) is 1.84. The van der Waals surface area contributed by atoms with E-state index < -0.39 is 5.25 Å². The van der Waals surface area contributed by atoms with Crippen molar-refractivity contribution in [3.05, 3.63) is 41.5 Å². The topological polar surface area (TPSA) is 90.1 Å². The maximum Gasteiger partial charge on any atom is 0.237 e. The zero-order valence-corrected chi connectivity index (χ0v) is 19.3. The van der Waals surface area contributed by atoms with Crippen LogP contribution in [-0.2, 0) is 16.6 Å². The van der Waals surface area contributed by atoms with Gasteiger partial charge in [0.25, 0.3) is 0 Å². The average molecular weight is 460 g/mol. The molecule has 1 saturated heterocycles. The van der Waals surface area contributed by atoms with Crippen LogP contribution in [0.3, 0.4) is 0 Å². The molecule has 1 fully saturated rings. The number of aromatic nitrogens is 5. The van der Waals surface area contributed by atoms with E-state index in [9.17, 15) is 9.18 Å². The normalized spacial score (nSPS) is 15.1. The maximum atomic E-state index is 14.0. The van der Waals surface area contributed by atoms with Gasteiger partial charge in [-0.15, -0.1) is 10.2 Å². The van der Waals surface area contributed by atoms with E-state index in [-0.39, 0.29) is 11.7 Å². The summed E-state index contributed by atoms with van der Waals surface area (Å²) in [6, 6.07) is 6.27. The molecule has 1 aromatic carbocycles. The number of ether oxygens (including phenoxy) is 1. The van der Waals surface area contributed by atoms with Gasteiger partial charge in [0, 0.05) is 20.1 Å². The van der Waals surface area contributed by atoms with Gasteiger partial charge in [0.15, 0.2) is 5.16 Å². The number of morpholine rings is 1. The summed E-state index contributed by atoms with van der Waals surface area (Å²) in [5.41, 5.74) is 2.95. The minimum atomic E-state index is -0.469. The second-order valence-electron chi connectivity index (χ2n) is 7.62. The molecule has 1 aliphatic rings. The molecule has 2 aromatic heterocycles. The molecule has 1 N–H and O–H groups in total. The molecule has 1 atom stereocenters. The molecule has 11 heteroatoms. The highest BCUT2D eigenvalue weighted by molar-refractivity contribution is 8.00. The lowest BCUT2D eigenvalue weighted by atomic mass is 10.3. The number of aryl methyl sites for hydroxylation is 2. The molecule has 9 nitrogen and oxygen atoms in total. The highest BCUT2D eigenvalue weighted by atomic mass is 32.2. The molecule has 0 saturated carbocycles. The van der Waals surface area contributed by atoms with Gasteiger partial charge in [-0.05, 0) is 39.0 Å². The fraction of sp³-hybridized carbons (Fsp3) is 0.429. The largest absolute Gasteiger partial charge is 0.378 e. The predicted molar refractivity (Wildman–Crippen MR) is 121 cm³/mol. The van der Waals surface area contributed by atoms with Gasteiger partial charge in [-0.1, -0.05) is 17.8 Å². The number of nitrogens with zero attached hydrogens (tertiary/aromatic N) is 6. The van der Waals surface area contributed by atoms with Crippen LogP contribution in [0.15, 0.2) is 29.4 Å². The Labute approximate surface area is 189 Å². The number of carbonyl (C=O) groups excluding carboxylic acids is 1. The highest BCUT2D eigenvalue weighted by Crippen LogP contribution is 2.31. The number of hydrogen-bond donors (Lipinski definition) is 1. The van der Waals surface area contributed by atoms with E-state index >= 15 is 0 Å². The van der Waals surface area contributed by atoms with Crippen LogP contribution >= 0.6 is 11.8 Å². The molecule has 1 amide bonds. The third-order valence-electron chi connectivity index (χ3n) is 5.39. The van der Waals surface area contributed by atoms with Gasteiger partial charge in [0.1, 0.15) is 5.82 Å². The third-order valence-corrected chi connectivity index (χ3v) is 6.43. The van der Waals surface area contributed by atoms with E-state index in [1.54, 1.807) is 28.3 Å². The van der Waals surface area contributed by atoms with Gasteiger partial charge in [-0.2, -0.15) is 5.10 Å². The Morgan fingerprint density at radius 1 is 1.25 bits per heavy atom. The van der Waals surface area contributed by atoms with Crippen molar-refractivity contribution in [2.45, 2.75) is 31.2 Å². The van der Waals surface area contributed by atoms with Crippen molar-refractivity contribution in [3.63, 3.8) is 0 Å². The predicted octanol–water partition coefficient (Wildman–Crippen LogP) is 2.71. The number of thioether (sulfide) groups is 1. The molecule has 3 heterocycles. The zero-order chi connectivity index (χ0) is 22.8. The number of nitrogens with one attached hydrogen (secondary N) is 1. The molecule has 4 rings (SSSR count). The third kappa shape index (κ3) is 4.49. The van der Waals surface area contributed by atoms with E-state index in [2.05, 4.69) is 25.5 Å². The number of carbonyl (C=O) groups is 1. The molecule has 170 valence electrons. The molecule has 3 aromatic rings. The first-order valence-corrected chi connectivity index (χ1v) is 11.2. The molecule has 0 bridgehead atoms. The van der Waals surface area contributed by atoms with Crippen LogP contribution in [0.25, 0.3) is 5.69 Å². The lowest BCUT2D eigenvalue weighted by molar-refractivity contribution is -0.115. The van der Waals surface area contributed by atoms with Crippen LogP contribution in [0.2, 0.25) is 0 Å². The smallest absolute Gasteiger partial charge is 0.237 e. The van der Waals surface area contributed by atoms with Crippen molar-refractivity contribution in [2.75, 3.05) is 36.5 Å². The van der Waals surface area contributed by atoms with Crippen molar-refractivity contribution >= 4 is 29.3 Å². The Morgan fingerprint density at radius 3 is 2.66 bits per heavy atom. The number of hydrogen-bond acceptors (Lipinski definition) is 7. The minimum Gasteiger partial charge on any atom is -0.378 e. The Morgan fingerprint density at radius 2 is 2.00 bits per heavy atom. The molecule has 0 spiro atoms. The molecule has 0 unspecified atom stereocenters. The van der Waals surface area contributed by atoms with Crippen molar-refractivity contribution in [1.29, 1.82) is 0 Å². The number of anilines is 2. The molecule has 1 aliphatic heterocycles. The second-order valence-corrected chi connectivity index (χ2v) is 8.92. The van der Waals surface area contributed by atoms with Gasteiger partial charge in [-0.3, -0.25) is 14.0 Å². The summed E-state index contributed by atoms with van der Waals surface area (Å²) < 4.78 is 23.0. The lowest BCUT2D eigenvalue weighted by Crippen LogP contribution is -2.38. The first-order valence-electron chi connectivity index (χ1n) is 10.4. The second kappa shape index (κ2) is 9.29. The standard InChI is InChI=1S/C21H26FN7O2S/c1-13-18(14(2)27(4)26-13)23-19(30)15(3)32-21-25-24-20(28-8-10-31-11-9-28)29(21)17-7-5-6-16(22)12-17/h5-7,12,15H,8-11H2,1-4H3,(H,23,30)/t15-/m0/s1. The van der Waals surface area contributed by atoms with Crippen LogP contribution in [0.4, 0.5) is 16.0 Å². The maximum absolute atomic E-state index is 14.0. The Kier molecular flexibility index (Phi) is 6.47. The van der Waals surface area contributed by atoms with Crippen LogP contribution in [0.1, 0.15) is 18.3 Å². The summed E-state index contributed by atoms with van der Waals surface area (Å²) in [5.74, 6) is 0.0808. The molecular weight excluding hydrogens is 433 g/mol. The Bertz CT molecular complexity index is 1120. The van der Waals surface area contributed by atoms with Crippen molar-refractivity contribution in [1.82, 2.24) is 24.5 Å². The molecule has 32 heavy (non-hydrogen) atoms. The fourth-order valence-corrected chi connectivity index (χ4v) is 4.40. The monoisotopic (exact) mass is 459 g/mol. The summed E-state index contributed by atoms with van der Waals surface area (Å²) in [4.78, 5) is 15.0. The van der Waals surface area contributed by atoms with Crippen LogP contribution in [0.5, 0.6) is 0 Å². The SMILES string of the molecule is Cc1nn(C)c(C)c1NC(=O)[C@H](C)Sc1nnc(N2CCOCC2)n1-c1cccc(F)c1. The van der Waals surface area contributed by atoms with Gasteiger partial charge in [-0.25, -0.2) is 4.39 Å². The number of halogens is 1. The molecular formula is C21H26FN7O2S. The number of benzene rings is 1. The van der Waals surface area contributed by atoms with Gasteiger partial charge < -0.3 is 15.0 Å². The van der Waals surface area contributed by atoms with Gasteiger partial charge in [0.05, 0.1) is 41.2 Å².